The van der Waals surface area contributed by atoms with E-state index in [9.17, 15) is 21.6 Å². The third-order valence-corrected chi connectivity index (χ3v) is 5.47. The first kappa shape index (κ1) is 20.4. The summed E-state index contributed by atoms with van der Waals surface area (Å²) in [7, 11) is -5.66. The van der Waals surface area contributed by atoms with E-state index in [1.165, 1.54) is 18.2 Å². The standard InChI is InChI=1S/C18H20F3N3O3S/c19-18(20,21)28(25,26)27-16-5-3-4-14(12-16)15-7-10-24(13-15)11-9-23-17-6-1-2-8-22-17/h1-6,8,12,15H,7,9-11,13H2,(H,22,23). The highest BCUT2D eigenvalue weighted by atomic mass is 32.2. The minimum absolute atomic E-state index is 0.104. The van der Waals surface area contributed by atoms with Crippen LogP contribution in [-0.4, -0.2) is 50.0 Å². The zero-order valence-electron chi connectivity index (χ0n) is 14.9. The molecule has 1 aromatic carbocycles. The van der Waals surface area contributed by atoms with Crippen molar-refractivity contribution in [1.29, 1.82) is 0 Å². The number of nitrogens with one attached hydrogen (secondary N) is 1. The SMILES string of the molecule is O=S(=O)(Oc1cccc(C2CCN(CCNc3ccccn3)C2)c1)C(F)(F)F. The first-order valence-electron chi connectivity index (χ1n) is 8.72. The Kier molecular flexibility index (Phi) is 6.09. The quantitative estimate of drug-likeness (QED) is 0.553. The maximum absolute atomic E-state index is 12.5. The van der Waals surface area contributed by atoms with E-state index in [1.54, 1.807) is 12.3 Å². The molecule has 0 radical (unpaired) electrons. The molecule has 1 saturated heterocycles. The summed E-state index contributed by atoms with van der Waals surface area (Å²) in [4.78, 5) is 6.43. The van der Waals surface area contributed by atoms with E-state index in [0.29, 0.717) is 0 Å². The Hall–Kier alpha value is -2.33. The van der Waals surface area contributed by atoms with Gasteiger partial charge >= 0.3 is 15.6 Å². The predicted octanol–water partition coefficient (Wildman–Crippen LogP) is 3.21. The third kappa shape index (κ3) is 5.14. The van der Waals surface area contributed by atoms with Crippen molar-refractivity contribution in [3.63, 3.8) is 0 Å². The van der Waals surface area contributed by atoms with Crippen LogP contribution in [0.15, 0.2) is 48.7 Å². The molecule has 2 aromatic rings. The number of anilines is 1. The van der Waals surface area contributed by atoms with Crippen LogP contribution in [0.1, 0.15) is 17.9 Å². The number of likely N-dealkylation sites (tertiary alicyclic amines) is 1. The van der Waals surface area contributed by atoms with E-state index in [2.05, 4.69) is 19.4 Å². The van der Waals surface area contributed by atoms with Crippen molar-refractivity contribution in [3.8, 4) is 5.75 Å². The van der Waals surface area contributed by atoms with Gasteiger partial charge in [-0.1, -0.05) is 18.2 Å². The summed E-state index contributed by atoms with van der Waals surface area (Å²) in [6, 6.07) is 11.5. The molecule has 3 rings (SSSR count). The number of alkyl halides is 3. The number of rotatable bonds is 7. The zero-order valence-corrected chi connectivity index (χ0v) is 15.7. The highest BCUT2D eigenvalue weighted by molar-refractivity contribution is 7.88. The summed E-state index contributed by atoms with van der Waals surface area (Å²) in [5.74, 6) is 0.575. The average Bonchev–Trinajstić information content (AvgIpc) is 3.10. The van der Waals surface area contributed by atoms with Crippen molar-refractivity contribution in [2.24, 2.45) is 0 Å². The molecule has 6 nitrogen and oxygen atoms in total. The van der Waals surface area contributed by atoms with Gasteiger partial charge < -0.3 is 14.4 Å². The van der Waals surface area contributed by atoms with Crippen LogP contribution >= 0.6 is 0 Å². The molecule has 0 spiro atoms. The summed E-state index contributed by atoms with van der Waals surface area (Å²) in [6.45, 7) is 3.10. The van der Waals surface area contributed by atoms with Crippen LogP contribution in [0.4, 0.5) is 19.0 Å². The Morgan fingerprint density at radius 3 is 2.75 bits per heavy atom. The maximum Gasteiger partial charge on any atom is 0.534 e. The minimum atomic E-state index is -5.66. The highest BCUT2D eigenvalue weighted by Gasteiger charge is 2.48. The Morgan fingerprint density at radius 1 is 1.21 bits per heavy atom. The topological polar surface area (TPSA) is 71.5 Å². The largest absolute Gasteiger partial charge is 0.534 e. The van der Waals surface area contributed by atoms with Gasteiger partial charge in [-0.3, -0.25) is 0 Å². The van der Waals surface area contributed by atoms with Crippen LogP contribution in [-0.2, 0) is 10.1 Å². The summed E-state index contributed by atoms with van der Waals surface area (Å²) < 4.78 is 64.0. The Bertz CT molecular complexity index is 892. The summed E-state index contributed by atoms with van der Waals surface area (Å²) in [5.41, 5.74) is -4.69. The molecule has 1 fully saturated rings. The van der Waals surface area contributed by atoms with Gasteiger partial charge in [-0.15, -0.1) is 0 Å². The van der Waals surface area contributed by atoms with Crippen LogP contribution in [0.2, 0.25) is 0 Å². The maximum atomic E-state index is 12.5. The van der Waals surface area contributed by atoms with Crippen molar-refractivity contribution >= 4 is 15.9 Å². The van der Waals surface area contributed by atoms with Crippen molar-refractivity contribution in [2.45, 2.75) is 17.8 Å². The van der Waals surface area contributed by atoms with Crippen molar-refractivity contribution in [3.05, 3.63) is 54.2 Å². The van der Waals surface area contributed by atoms with E-state index in [-0.39, 0.29) is 11.7 Å². The third-order valence-electron chi connectivity index (χ3n) is 4.49. The number of hydrogen-bond donors (Lipinski definition) is 1. The van der Waals surface area contributed by atoms with Crippen LogP contribution < -0.4 is 9.50 Å². The van der Waals surface area contributed by atoms with Gasteiger partial charge in [0.15, 0.2) is 0 Å². The molecule has 0 bridgehead atoms. The molecule has 1 N–H and O–H groups in total. The Morgan fingerprint density at radius 2 is 2.04 bits per heavy atom. The van der Waals surface area contributed by atoms with E-state index in [0.717, 1.165) is 44.0 Å². The molecule has 0 aliphatic carbocycles. The van der Waals surface area contributed by atoms with Gasteiger partial charge in [0, 0.05) is 25.8 Å². The molecule has 10 heteroatoms. The lowest BCUT2D eigenvalue weighted by molar-refractivity contribution is -0.0500. The van der Waals surface area contributed by atoms with Crippen molar-refractivity contribution < 1.29 is 25.8 Å². The molecule has 2 heterocycles. The summed E-state index contributed by atoms with van der Waals surface area (Å²) in [5, 5.41) is 3.23. The van der Waals surface area contributed by atoms with Gasteiger partial charge in [-0.05, 0) is 48.7 Å². The molecule has 1 atom stereocenters. The van der Waals surface area contributed by atoms with E-state index in [4.69, 9.17) is 0 Å². The average molecular weight is 415 g/mol. The molecular weight excluding hydrogens is 395 g/mol. The fourth-order valence-electron chi connectivity index (χ4n) is 3.11. The molecule has 0 saturated carbocycles. The summed E-state index contributed by atoms with van der Waals surface area (Å²) >= 11 is 0. The minimum Gasteiger partial charge on any atom is -0.376 e. The lowest BCUT2D eigenvalue weighted by atomic mass is 9.98. The van der Waals surface area contributed by atoms with Crippen molar-refractivity contribution in [2.75, 3.05) is 31.5 Å². The first-order valence-corrected chi connectivity index (χ1v) is 10.1. The van der Waals surface area contributed by atoms with Crippen LogP contribution in [0, 0.1) is 0 Å². The lowest BCUT2D eigenvalue weighted by Gasteiger charge is -2.17. The lowest BCUT2D eigenvalue weighted by Crippen LogP contribution is -2.28. The monoisotopic (exact) mass is 415 g/mol. The van der Waals surface area contributed by atoms with Gasteiger partial charge in [0.05, 0.1) is 0 Å². The van der Waals surface area contributed by atoms with Gasteiger partial charge in [0.25, 0.3) is 0 Å². The van der Waals surface area contributed by atoms with Gasteiger partial charge in [0.2, 0.25) is 0 Å². The second-order valence-corrected chi connectivity index (χ2v) is 8.02. The second kappa shape index (κ2) is 8.36. The predicted molar refractivity (Wildman–Crippen MR) is 98.6 cm³/mol. The molecule has 1 aliphatic rings. The van der Waals surface area contributed by atoms with E-state index in [1.807, 2.05) is 18.2 Å². The number of halogens is 3. The smallest absolute Gasteiger partial charge is 0.376 e. The first-order chi connectivity index (χ1) is 13.2. The number of aromatic nitrogens is 1. The molecule has 28 heavy (non-hydrogen) atoms. The normalized spacial score (nSPS) is 18.2. The van der Waals surface area contributed by atoms with Crippen LogP contribution in [0.5, 0.6) is 5.75 Å². The molecule has 0 amide bonds. The summed E-state index contributed by atoms with van der Waals surface area (Å²) in [6.07, 6.45) is 2.54. The van der Waals surface area contributed by atoms with Crippen molar-refractivity contribution in [1.82, 2.24) is 9.88 Å². The molecular formula is C18H20F3N3O3S. The van der Waals surface area contributed by atoms with Crippen LogP contribution in [0.3, 0.4) is 0 Å². The van der Waals surface area contributed by atoms with E-state index < -0.39 is 15.6 Å². The van der Waals surface area contributed by atoms with Gasteiger partial charge in [0.1, 0.15) is 11.6 Å². The fourth-order valence-corrected chi connectivity index (χ4v) is 3.56. The molecule has 1 aliphatic heterocycles. The van der Waals surface area contributed by atoms with Gasteiger partial charge in [-0.2, -0.15) is 21.6 Å². The second-order valence-electron chi connectivity index (χ2n) is 6.48. The number of nitrogens with zero attached hydrogens (tertiary/aromatic N) is 2. The highest BCUT2D eigenvalue weighted by Crippen LogP contribution is 2.31. The molecule has 152 valence electrons. The molecule has 1 unspecified atom stereocenters. The Balaban J connectivity index is 1.55. The van der Waals surface area contributed by atoms with E-state index >= 15 is 0 Å². The number of benzene rings is 1. The van der Waals surface area contributed by atoms with Gasteiger partial charge in [-0.25, -0.2) is 4.98 Å². The number of hydrogen-bond acceptors (Lipinski definition) is 6. The Labute approximate surface area is 161 Å². The van der Waals surface area contributed by atoms with Crippen LogP contribution in [0.25, 0.3) is 0 Å². The molecule has 1 aromatic heterocycles. The number of pyridine rings is 1. The zero-order chi connectivity index (χ0) is 20.2. The fraction of sp³-hybridized carbons (Fsp3) is 0.389.